The topological polar surface area (TPSA) is 87.9 Å². The highest BCUT2D eigenvalue weighted by Crippen LogP contribution is 2.35. The lowest BCUT2D eigenvalue weighted by atomic mass is 9.95. The van der Waals surface area contributed by atoms with Crippen molar-refractivity contribution in [2.75, 3.05) is 11.5 Å². The number of rotatable bonds is 4. The molecule has 1 saturated heterocycles. The van der Waals surface area contributed by atoms with Gasteiger partial charge in [0.1, 0.15) is 5.01 Å². The zero-order valence-electron chi connectivity index (χ0n) is 13.3. The lowest BCUT2D eigenvalue weighted by Gasteiger charge is -2.09. The Bertz CT molecular complexity index is 1010. The number of aromatic nitrogens is 1. The SMILES string of the molecule is N#C[C@H](C(=O)C[C@H]1CCS(=O)(=O)C1)c1nc2cc(C(F)(F)F)ccc2s1. The highest BCUT2D eigenvalue weighted by atomic mass is 32.2. The van der Waals surface area contributed by atoms with Crippen LogP contribution in [0.25, 0.3) is 10.2 Å². The Kier molecular flexibility index (Phi) is 4.79. The van der Waals surface area contributed by atoms with Gasteiger partial charge in [-0.3, -0.25) is 4.79 Å². The van der Waals surface area contributed by atoms with E-state index in [1.165, 1.54) is 6.07 Å². The van der Waals surface area contributed by atoms with Crippen LogP contribution < -0.4 is 0 Å². The molecule has 138 valence electrons. The van der Waals surface area contributed by atoms with Crippen LogP contribution in [0.15, 0.2) is 18.2 Å². The molecule has 0 radical (unpaired) electrons. The number of sulfone groups is 1. The molecule has 1 aromatic carbocycles. The molecule has 0 N–H and O–H groups in total. The first-order valence-corrected chi connectivity index (χ1v) is 10.3. The van der Waals surface area contributed by atoms with E-state index in [-0.39, 0.29) is 34.4 Å². The van der Waals surface area contributed by atoms with Crippen molar-refractivity contribution in [3.8, 4) is 6.07 Å². The van der Waals surface area contributed by atoms with Crippen LogP contribution in [-0.4, -0.2) is 30.7 Å². The fraction of sp³-hybridized carbons (Fsp3) is 0.438. The monoisotopic (exact) mass is 402 g/mol. The van der Waals surface area contributed by atoms with Crippen LogP contribution in [0.3, 0.4) is 0 Å². The lowest BCUT2D eigenvalue weighted by Crippen LogP contribution is -2.16. The summed E-state index contributed by atoms with van der Waals surface area (Å²) in [5.74, 6) is -2.03. The Morgan fingerprint density at radius 1 is 1.42 bits per heavy atom. The Labute approximate surface area is 151 Å². The summed E-state index contributed by atoms with van der Waals surface area (Å²) in [4.78, 5) is 16.5. The molecular formula is C16H13F3N2O3S2. The number of nitriles is 1. The van der Waals surface area contributed by atoms with Crippen molar-refractivity contribution in [3.63, 3.8) is 0 Å². The number of benzene rings is 1. The molecule has 0 aliphatic carbocycles. The van der Waals surface area contributed by atoms with Crippen LogP contribution in [0, 0.1) is 17.2 Å². The van der Waals surface area contributed by atoms with Crippen molar-refractivity contribution in [1.82, 2.24) is 4.98 Å². The Morgan fingerprint density at radius 3 is 2.73 bits per heavy atom. The molecule has 10 heteroatoms. The molecule has 0 bridgehead atoms. The van der Waals surface area contributed by atoms with E-state index >= 15 is 0 Å². The number of thiazole rings is 1. The summed E-state index contributed by atoms with van der Waals surface area (Å²) in [6.07, 6.45) is -4.18. The number of fused-ring (bicyclic) bond motifs is 1. The van der Waals surface area contributed by atoms with Crippen LogP contribution in [-0.2, 0) is 20.8 Å². The molecule has 2 atom stereocenters. The molecule has 1 aliphatic heterocycles. The van der Waals surface area contributed by atoms with Gasteiger partial charge in [-0.1, -0.05) is 0 Å². The highest BCUT2D eigenvalue weighted by molar-refractivity contribution is 7.91. The standard InChI is InChI=1S/C16H13F3N2O3S2/c17-16(18,19)10-1-2-14-12(6-10)21-15(25-14)11(7-20)13(22)5-9-3-4-26(23,24)8-9/h1-2,6,9,11H,3-5,8H2/t9-,11-/m1/s1. The van der Waals surface area contributed by atoms with Gasteiger partial charge in [0.25, 0.3) is 0 Å². The Hall–Kier alpha value is -1.99. The molecule has 0 amide bonds. The molecule has 0 unspecified atom stereocenters. The van der Waals surface area contributed by atoms with Crippen LogP contribution in [0.4, 0.5) is 13.2 Å². The number of carbonyl (C=O) groups is 1. The summed E-state index contributed by atoms with van der Waals surface area (Å²) in [6, 6.07) is 4.93. The van der Waals surface area contributed by atoms with Crippen molar-refractivity contribution in [1.29, 1.82) is 5.26 Å². The van der Waals surface area contributed by atoms with E-state index in [1.54, 1.807) is 0 Å². The van der Waals surface area contributed by atoms with E-state index in [0.29, 0.717) is 11.1 Å². The second-order valence-corrected chi connectivity index (χ2v) is 9.52. The van der Waals surface area contributed by atoms with Gasteiger partial charge in [-0.2, -0.15) is 18.4 Å². The maximum atomic E-state index is 12.8. The number of alkyl halides is 3. The third kappa shape index (κ3) is 3.88. The van der Waals surface area contributed by atoms with E-state index in [0.717, 1.165) is 23.5 Å². The third-order valence-electron chi connectivity index (χ3n) is 4.25. The predicted octanol–water partition coefficient (Wildman–Crippen LogP) is 3.32. The minimum Gasteiger partial charge on any atom is -0.298 e. The molecule has 1 aliphatic rings. The molecule has 2 heterocycles. The smallest absolute Gasteiger partial charge is 0.298 e. The fourth-order valence-corrected chi connectivity index (χ4v) is 5.82. The summed E-state index contributed by atoms with van der Waals surface area (Å²) in [7, 11) is -3.13. The van der Waals surface area contributed by atoms with Gasteiger partial charge >= 0.3 is 6.18 Å². The second-order valence-electron chi connectivity index (χ2n) is 6.23. The van der Waals surface area contributed by atoms with Gasteiger partial charge in [-0.05, 0) is 30.5 Å². The number of nitrogens with zero attached hydrogens (tertiary/aromatic N) is 2. The molecule has 2 aromatic rings. The van der Waals surface area contributed by atoms with E-state index in [9.17, 15) is 31.6 Å². The number of Topliss-reactive ketones (excluding diaryl/α,β-unsaturated/α-hetero) is 1. The Balaban J connectivity index is 1.83. The van der Waals surface area contributed by atoms with Crippen LogP contribution in [0.2, 0.25) is 0 Å². The van der Waals surface area contributed by atoms with Crippen molar-refractivity contribution in [2.45, 2.75) is 24.9 Å². The molecule has 1 aromatic heterocycles. The molecule has 1 fully saturated rings. The summed E-state index contributed by atoms with van der Waals surface area (Å²) in [6.45, 7) is 0. The summed E-state index contributed by atoms with van der Waals surface area (Å²) < 4.78 is 61.8. The quantitative estimate of drug-likeness (QED) is 0.783. The van der Waals surface area contributed by atoms with Crippen LogP contribution >= 0.6 is 11.3 Å². The lowest BCUT2D eigenvalue weighted by molar-refractivity contribution is -0.137. The zero-order valence-corrected chi connectivity index (χ0v) is 14.9. The molecule has 3 rings (SSSR count). The van der Waals surface area contributed by atoms with Crippen molar-refractivity contribution < 1.29 is 26.4 Å². The van der Waals surface area contributed by atoms with Gasteiger partial charge < -0.3 is 0 Å². The minimum absolute atomic E-state index is 0.0313. The summed E-state index contributed by atoms with van der Waals surface area (Å²) >= 11 is 0.995. The average molecular weight is 402 g/mol. The first-order chi connectivity index (χ1) is 12.1. The maximum absolute atomic E-state index is 12.8. The largest absolute Gasteiger partial charge is 0.416 e. The van der Waals surface area contributed by atoms with Crippen LogP contribution in [0.1, 0.15) is 29.3 Å². The third-order valence-corrected chi connectivity index (χ3v) is 7.18. The van der Waals surface area contributed by atoms with E-state index in [4.69, 9.17) is 0 Å². The number of hydrogen-bond acceptors (Lipinski definition) is 6. The first-order valence-electron chi connectivity index (χ1n) is 7.69. The average Bonchev–Trinajstić information content (AvgIpc) is 3.09. The van der Waals surface area contributed by atoms with Gasteiger partial charge in [0.05, 0.1) is 33.4 Å². The molecule has 5 nitrogen and oxygen atoms in total. The number of ketones is 1. The molecule has 0 spiro atoms. The van der Waals surface area contributed by atoms with Gasteiger partial charge in [0.2, 0.25) is 0 Å². The maximum Gasteiger partial charge on any atom is 0.416 e. The number of hydrogen-bond donors (Lipinski definition) is 0. The minimum atomic E-state index is -4.50. The van der Waals surface area contributed by atoms with E-state index in [1.807, 2.05) is 6.07 Å². The normalized spacial score (nSPS) is 20.8. The predicted molar refractivity (Wildman–Crippen MR) is 89.4 cm³/mol. The fourth-order valence-electron chi connectivity index (χ4n) is 2.95. The molecule has 26 heavy (non-hydrogen) atoms. The summed E-state index contributed by atoms with van der Waals surface area (Å²) in [5, 5.41) is 9.47. The number of carbonyl (C=O) groups excluding carboxylic acids is 1. The van der Waals surface area contributed by atoms with E-state index < -0.39 is 33.3 Å². The highest BCUT2D eigenvalue weighted by Gasteiger charge is 2.34. The van der Waals surface area contributed by atoms with Gasteiger partial charge in [-0.15, -0.1) is 11.3 Å². The van der Waals surface area contributed by atoms with Gasteiger partial charge in [-0.25, -0.2) is 13.4 Å². The first kappa shape index (κ1) is 18.8. The Morgan fingerprint density at radius 2 is 2.15 bits per heavy atom. The van der Waals surface area contributed by atoms with Crippen LogP contribution in [0.5, 0.6) is 0 Å². The summed E-state index contributed by atoms with van der Waals surface area (Å²) in [5.41, 5.74) is -0.769. The molecule has 0 saturated carbocycles. The van der Waals surface area contributed by atoms with E-state index in [2.05, 4.69) is 4.98 Å². The van der Waals surface area contributed by atoms with Crippen molar-refractivity contribution >= 4 is 37.2 Å². The second kappa shape index (κ2) is 6.63. The van der Waals surface area contributed by atoms with Gasteiger partial charge in [0, 0.05) is 6.42 Å². The van der Waals surface area contributed by atoms with Crippen molar-refractivity contribution in [3.05, 3.63) is 28.8 Å². The zero-order chi connectivity index (χ0) is 19.1. The van der Waals surface area contributed by atoms with Gasteiger partial charge in [0.15, 0.2) is 21.5 Å². The van der Waals surface area contributed by atoms with Crippen molar-refractivity contribution in [2.24, 2.45) is 5.92 Å². The molecular weight excluding hydrogens is 389 g/mol. The number of halogens is 3.